The molecule has 0 saturated heterocycles. The first-order valence-electron chi connectivity index (χ1n) is 5.23. The van der Waals surface area contributed by atoms with Crippen molar-refractivity contribution in [2.75, 3.05) is 0 Å². The van der Waals surface area contributed by atoms with Gasteiger partial charge in [0.1, 0.15) is 11.7 Å². The Labute approximate surface area is 101 Å². The molecule has 0 amide bonds. The van der Waals surface area contributed by atoms with Crippen LogP contribution in [0.3, 0.4) is 0 Å². The third-order valence-corrected chi connectivity index (χ3v) is 2.93. The monoisotopic (exact) mass is 252 g/mol. The molecule has 2 aromatic rings. The molecule has 0 aromatic carbocycles. The van der Waals surface area contributed by atoms with Crippen molar-refractivity contribution < 1.29 is 9.90 Å². The number of carboxylic acid groups (broad SMARTS) is 1. The molecule has 2 aromatic heterocycles. The fourth-order valence-corrected chi connectivity index (χ4v) is 1.82. The van der Waals surface area contributed by atoms with E-state index in [1.54, 1.807) is 7.05 Å². The Kier molecular flexibility index (Phi) is 2.57. The van der Waals surface area contributed by atoms with Gasteiger partial charge in [-0.25, -0.2) is 9.78 Å². The molecule has 0 bridgehead atoms. The minimum atomic E-state index is -1.05. The largest absolute Gasteiger partial charge is 0.481 e. The number of hydrogen-bond donors (Lipinski definition) is 2. The first-order chi connectivity index (χ1) is 8.34. The minimum absolute atomic E-state index is 0.175. The second kappa shape index (κ2) is 3.83. The summed E-state index contributed by atoms with van der Waals surface area (Å²) in [6.45, 7) is 1.47. The van der Waals surface area contributed by atoms with E-state index in [1.165, 1.54) is 23.1 Å². The van der Waals surface area contributed by atoms with E-state index in [0.29, 0.717) is 0 Å². The molecule has 0 aliphatic carbocycles. The van der Waals surface area contributed by atoms with Crippen molar-refractivity contribution in [3.8, 4) is 0 Å². The molecular weight excluding hydrogens is 240 g/mol. The van der Waals surface area contributed by atoms with Crippen molar-refractivity contribution in [2.45, 2.75) is 12.8 Å². The number of H-pyrrole nitrogens is 1. The normalized spacial score (nSPS) is 12.8. The number of hydrogen-bond acceptors (Lipinski definition) is 4. The van der Waals surface area contributed by atoms with Crippen molar-refractivity contribution >= 4 is 17.1 Å². The Morgan fingerprint density at radius 2 is 1.94 bits per heavy atom. The van der Waals surface area contributed by atoms with Gasteiger partial charge in [-0.2, -0.15) is 0 Å². The number of aromatic amines is 1. The third kappa shape index (κ3) is 1.53. The smallest absolute Gasteiger partial charge is 0.329 e. The van der Waals surface area contributed by atoms with E-state index in [0.717, 1.165) is 0 Å². The van der Waals surface area contributed by atoms with Crippen molar-refractivity contribution in [3.05, 3.63) is 26.7 Å². The second-order valence-electron chi connectivity index (χ2n) is 4.08. The van der Waals surface area contributed by atoms with Crippen molar-refractivity contribution in [2.24, 2.45) is 14.1 Å². The average Bonchev–Trinajstić information content (AvgIpc) is 2.63. The molecule has 2 heterocycles. The van der Waals surface area contributed by atoms with Gasteiger partial charge in [0.25, 0.3) is 5.56 Å². The van der Waals surface area contributed by atoms with Crippen LogP contribution >= 0.6 is 0 Å². The first kappa shape index (κ1) is 12.1. The quantitative estimate of drug-likeness (QED) is 0.723. The zero-order valence-corrected chi connectivity index (χ0v) is 10.1. The van der Waals surface area contributed by atoms with E-state index in [2.05, 4.69) is 9.97 Å². The zero-order chi connectivity index (χ0) is 13.6. The summed E-state index contributed by atoms with van der Waals surface area (Å²) < 4.78 is 2.57. The molecule has 1 atom stereocenters. The standard InChI is InChI=1S/C10H12N4O4/c1-4(9(16)17)6-11-7-5(13(6)2)8(15)12-10(18)14(7)3/h4H,1-3H3,(H,16,17)(H,12,15,18). The molecule has 8 nitrogen and oxygen atoms in total. The summed E-state index contributed by atoms with van der Waals surface area (Å²) >= 11 is 0. The maximum atomic E-state index is 11.7. The van der Waals surface area contributed by atoms with Crippen LogP contribution in [0.25, 0.3) is 11.2 Å². The summed E-state index contributed by atoms with van der Waals surface area (Å²) in [6, 6.07) is 0. The van der Waals surface area contributed by atoms with Crippen LogP contribution in [0.15, 0.2) is 9.59 Å². The van der Waals surface area contributed by atoms with Crippen LogP contribution in [0.1, 0.15) is 18.7 Å². The molecule has 96 valence electrons. The molecule has 1 unspecified atom stereocenters. The highest BCUT2D eigenvalue weighted by Gasteiger charge is 2.23. The van der Waals surface area contributed by atoms with Gasteiger partial charge in [0.05, 0.1) is 0 Å². The van der Waals surface area contributed by atoms with Gasteiger partial charge in [0.15, 0.2) is 11.2 Å². The number of carboxylic acids is 1. The fourth-order valence-electron chi connectivity index (χ4n) is 1.82. The Hall–Kier alpha value is -2.38. The number of aromatic nitrogens is 4. The summed E-state index contributed by atoms with van der Waals surface area (Å²) in [7, 11) is 3.01. The van der Waals surface area contributed by atoms with Crippen LogP contribution in [-0.2, 0) is 18.9 Å². The Balaban J connectivity index is 2.90. The lowest BCUT2D eigenvalue weighted by molar-refractivity contribution is -0.138. The molecule has 0 saturated carbocycles. The summed E-state index contributed by atoms with van der Waals surface area (Å²) in [4.78, 5) is 40.3. The second-order valence-corrected chi connectivity index (χ2v) is 4.08. The zero-order valence-electron chi connectivity index (χ0n) is 10.1. The van der Waals surface area contributed by atoms with E-state index in [9.17, 15) is 14.4 Å². The van der Waals surface area contributed by atoms with Crippen molar-refractivity contribution in [1.82, 2.24) is 19.1 Å². The van der Waals surface area contributed by atoms with E-state index >= 15 is 0 Å². The maximum absolute atomic E-state index is 11.7. The summed E-state index contributed by atoms with van der Waals surface area (Å²) in [5, 5.41) is 8.97. The molecule has 8 heteroatoms. The van der Waals surface area contributed by atoms with Gasteiger partial charge in [-0.05, 0) is 6.92 Å². The molecule has 0 fully saturated rings. The van der Waals surface area contributed by atoms with Crippen LogP contribution < -0.4 is 11.2 Å². The number of aliphatic carboxylic acids is 1. The summed E-state index contributed by atoms with van der Waals surface area (Å²) in [6.07, 6.45) is 0. The number of rotatable bonds is 2. The number of carbonyl (C=O) groups is 1. The van der Waals surface area contributed by atoms with Gasteiger partial charge < -0.3 is 9.67 Å². The maximum Gasteiger partial charge on any atom is 0.329 e. The SMILES string of the molecule is CC(C(=O)O)c1nc2c(c(=O)[nH]c(=O)n2C)n1C. The van der Waals surface area contributed by atoms with Crippen molar-refractivity contribution in [3.63, 3.8) is 0 Å². The Morgan fingerprint density at radius 1 is 1.33 bits per heavy atom. The Morgan fingerprint density at radius 3 is 2.50 bits per heavy atom. The lowest BCUT2D eigenvalue weighted by atomic mass is 10.2. The van der Waals surface area contributed by atoms with E-state index < -0.39 is 23.1 Å². The van der Waals surface area contributed by atoms with Gasteiger partial charge in [-0.1, -0.05) is 0 Å². The highest BCUT2D eigenvalue weighted by atomic mass is 16.4. The molecule has 0 aliphatic rings. The molecule has 2 N–H and O–H groups in total. The number of fused-ring (bicyclic) bond motifs is 1. The summed E-state index contributed by atoms with van der Waals surface area (Å²) in [5.74, 6) is -1.68. The predicted octanol–water partition coefficient (Wildman–Crippen LogP) is -0.852. The number of nitrogens with one attached hydrogen (secondary N) is 1. The van der Waals surface area contributed by atoms with E-state index in [4.69, 9.17) is 5.11 Å². The molecule has 0 aliphatic heterocycles. The summed E-state index contributed by atoms with van der Waals surface area (Å²) in [5.41, 5.74) is -0.804. The van der Waals surface area contributed by atoms with Crippen LogP contribution in [0.2, 0.25) is 0 Å². The average molecular weight is 252 g/mol. The lowest BCUT2D eigenvalue weighted by Crippen LogP contribution is -2.29. The van der Waals surface area contributed by atoms with E-state index in [-0.39, 0.29) is 17.0 Å². The first-order valence-corrected chi connectivity index (χ1v) is 5.23. The van der Waals surface area contributed by atoms with Crippen LogP contribution in [-0.4, -0.2) is 30.2 Å². The van der Waals surface area contributed by atoms with Gasteiger partial charge in [-0.15, -0.1) is 0 Å². The molecule has 0 radical (unpaired) electrons. The molecule has 2 rings (SSSR count). The van der Waals surface area contributed by atoms with E-state index in [1.807, 2.05) is 0 Å². The minimum Gasteiger partial charge on any atom is -0.481 e. The van der Waals surface area contributed by atoms with Gasteiger partial charge in [0.2, 0.25) is 0 Å². The van der Waals surface area contributed by atoms with Crippen molar-refractivity contribution in [1.29, 1.82) is 0 Å². The number of aryl methyl sites for hydroxylation is 2. The lowest BCUT2D eigenvalue weighted by Gasteiger charge is -2.05. The highest BCUT2D eigenvalue weighted by Crippen LogP contribution is 2.17. The highest BCUT2D eigenvalue weighted by molar-refractivity contribution is 5.77. The molecule has 18 heavy (non-hydrogen) atoms. The number of imidazole rings is 1. The molecular formula is C10H12N4O4. The third-order valence-electron chi connectivity index (χ3n) is 2.93. The molecule has 0 spiro atoms. The van der Waals surface area contributed by atoms with Gasteiger partial charge in [0, 0.05) is 14.1 Å². The van der Waals surface area contributed by atoms with Crippen LogP contribution in [0.5, 0.6) is 0 Å². The fraction of sp³-hybridized carbons (Fsp3) is 0.400. The van der Waals surface area contributed by atoms with Crippen LogP contribution in [0, 0.1) is 0 Å². The predicted molar refractivity (Wildman–Crippen MR) is 62.6 cm³/mol. The van der Waals surface area contributed by atoms with Gasteiger partial charge in [-0.3, -0.25) is 19.1 Å². The Bertz CT molecular complexity index is 752. The topological polar surface area (TPSA) is 110 Å². The number of nitrogens with zero attached hydrogens (tertiary/aromatic N) is 3. The van der Waals surface area contributed by atoms with Crippen LogP contribution in [0.4, 0.5) is 0 Å². The van der Waals surface area contributed by atoms with Gasteiger partial charge >= 0.3 is 11.7 Å².